The second-order valence-corrected chi connectivity index (χ2v) is 7.50. The predicted octanol–water partition coefficient (Wildman–Crippen LogP) is 5.15. The summed E-state index contributed by atoms with van der Waals surface area (Å²) in [6.07, 6.45) is 4.85. The summed E-state index contributed by atoms with van der Waals surface area (Å²) < 4.78 is 3.86. The molecule has 0 atom stereocenters. The van der Waals surface area contributed by atoms with Crippen molar-refractivity contribution in [1.82, 2.24) is 4.98 Å². The van der Waals surface area contributed by atoms with Gasteiger partial charge in [0.05, 0.1) is 18.7 Å². The number of pyridine rings is 1. The van der Waals surface area contributed by atoms with E-state index in [1.807, 2.05) is 36.7 Å². The van der Waals surface area contributed by atoms with Crippen LogP contribution in [0.1, 0.15) is 31.9 Å². The van der Waals surface area contributed by atoms with E-state index >= 15 is 0 Å². The van der Waals surface area contributed by atoms with E-state index in [9.17, 15) is 0 Å². The summed E-state index contributed by atoms with van der Waals surface area (Å²) in [4.78, 5) is 13.3. The van der Waals surface area contributed by atoms with Crippen LogP contribution in [0.3, 0.4) is 0 Å². The Bertz CT molecular complexity index is 949. The van der Waals surface area contributed by atoms with E-state index in [1.54, 1.807) is 0 Å². The van der Waals surface area contributed by atoms with Crippen LogP contribution in [0.2, 0.25) is 0 Å². The van der Waals surface area contributed by atoms with Gasteiger partial charge in [-0.2, -0.15) is 5.26 Å². The number of methoxy groups -OCH3 is 1. The molecule has 27 heavy (non-hydrogen) atoms. The number of ether oxygens (including phenoxy) is 1. The average molecular weight is 360 g/mol. The van der Waals surface area contributed by atoms with Gasteiger partial charge in [0, 0.05) is 23.3 Å². The minimum absolute atomic E-state index is 0.259. The summed E-state index contributed by atoms with van der Waals surface area (Å²) in [5.74, 6) is 0. The summed E-state index contributed by atoms with van der Waals surface area (Å²) in [7, 11) is 1.31. The van der Waals surface area contributed by atoms with Crippen molar-refractivity contribution in [2.75, 3.05) is 7.11 Å². The Balaban J connectivity index is 0.000000596. The molecular weight excluding hydrogens is 336 g/mol. The fourth-order valence-electron chi connectivity index (χ4n) is 2.89. The average Bonchev–Trinajstić information content (AvgIpc) is 2.66. The van der Waals surface area contributed by atoms with Crippen LogP contribution < -0.4 is 0 Å². The Morgan fingerprint density at radius 3 is 2.33 bits per heavy atom. The van der Waals surface area contributed by atoms with Gasteiger partial charge in [-0.1, -0.05) is 51.1 Å². The van der Waals surface area contributed by atoms with Gasteiger partial charge < -0.3 is 4.74 Å². The molecule has 1 aromatic heterocycles. The number of nitriles is 1. The van der Waals surface area contributed by atoms with Crippen molar-refractivity contribution in [2.24, 2.45) is 5.41 Å². The molecule has 3 rings (SSSR count). The van der Waals surface area contributed by atoms with Gasteiger partial charge in [-0.05, 0) is 40.5 Å². The molecule has 0 fully saturated rings. The van der Waals surface area contributed by atoms with E-state index in [4.69, 9.17) is 10.1 Å². The zero-order valence-corrected chi connectivity index (χ0v) is 16.2. The molecular formula is C23H24N2O2. The zero-order chi connectivity index (χ0) is 19.9. The van der Waals surface area contributed by atoms with Crippen LogP contribution in [0.5, 0.6) is 0 Å². The highest BCUT2D eigenvalue weighted by Gasteiger charge is 2.12. The van der Waals surface area contributed by atoms with Crippen LogP contribution >= 0.6 is 0 Å². The number of rotatable bonds is 3. The first-order chi connectivity index (χ1) is 12.9. The van der Waals surface area contributed by atoms with Crippen LogP contribution in [0.15, 0.2) is 54.9 Å². The summed E-state index contributed by atoms with van der Waals surface area (Å²) in [5.41, 5.74) is 4.48. The molecule has 138 valence electrons. The number of carbonyl (C=O) groups is 1. The third kappa shape index (κ3) is 5.65. The first-order valence-electron chi connectivity index (χ1n) is 8.71. The Morgan fingerprint density at radius 2 is 1.78 bits per heavy atom. The quantitative estimate of drug-likeness (QED) is 0.606. The minimum Gasteiger partial charge on any atom is -0.471 e. The molecule has 0 unspecified atom stereocenters. The molecule has 3 aromatic rings. The monoisotopic (exact) mass is 360 g/mol. The summed E-state index contributed by atoms with van der Waals surface area (Å²) in [6.45, 7) is 7.14. The maximum absolute atomic E-state index is 8.95. The van der Waals surface area contributed by atoms with E-state index in [0.717, 1.165) is 22.9 Å². The molecule has 4 nitrogen and oxygen atoms in total. The van der Waals surface area contributed by atoms with Crippen LogP contribution in [-0.4, -0.2) is 18.6 Å². The van der Waals surface area contributed by atoms with Gasteiger partial charge >= 0.3 is 0 Å². The number of aromatic nitrogens is 1. The molecule has 0 N–H and O–H groups in total. The van der Waals surface area contributed by atoms with Gasteiger partial charge in [-0.15, -0.1) is 0 Å². The van der Waals surface area contributed by atoms with E-state index < -0.39 is 0 Å². The number of nitrogens with zero attached hydrogens (tertiary/aromatic N) is 2. The maximum atomic E-state index is 8.95. The highest BCUT2D eigenvalue weighted by atomic mass is 16.5. The molecule has 0 aliphatic rings. The van der Waals surface area contributed by atoms with E-state index in [1.165, 1.54) is 18.1 Å². The first kappa shape index (κ1) is 20.1. The van der Waals surface area contributed by atoms with Crippen molar-refractivity contribution >= 4 is 17.2 Å². The zero-order valence-electron chi connectivity index (χ0n) is 16.2. The summed E-state index contributed by atoms with van der Waals surface area (Å²) in [6, 6.07) is 16.5. The second-order valence-electron chi connectivity index (χ2n) is 7.50. The second kappa shape index (κ2) is 8.95. The number of fused-ring (bicyclic) bond motifs is 1. The predicted molar refractivity (Wildman–Crippen MR) is 108 cm³/mol. The van der Waals surface area contributed by atoms with Gasteiger partial charge in [-0.25, -0.2) is 0 Å². The smallest absolute Gasteiger partial charge is 0.292 e. The molecule has 0 bridgehead atoms. The lowest BCUT2D eigenvalue weighted by molar-refractivity contribution is -0.126. The van der Waals surface area contributed by atoms with Gasteiger partial charge in [0.25, 0.3) is 6.47 Å². The van der Waals surface area contributed by atoms with Crippen LogP contribution in [0.4, 0.5) is 0 Å². The SMILES string of the molecule is CC(C)(C)Cc1ccc2cncc(-c3ccc(C#N)cc3)c2c1.COC=O. The van der Waals surface area contributed by atoms with Crippen molar-refractivity contribution in [3.63, 3.8) is 0 Å². The molecule has 1 heterocycles. The van der Waals surface area contributed by atoms with Crippen molar-refractivity contribution in [3.8, 4) is 17.2 Å². The van der Waals surface area contributed by atoms with Crippen LogP contribution in [0, 0.1) is 16.7 Å². The lowest BCUT2D eigenvalue weighted by atomic mass is 9.87. The summed E-state index contributed by atoms with van der Waals surface area (Å²) >= 11 is 0. The van der Waals surface area contributed by atoms with Crippen LogP contribution in [0.25, 0.3) is 21.9 Å². The molecule has 0 saturated carbocycles. The molecule has 0 saturated heterocycles. The van der Waals surface area contributed by atoms with Crippen molar-refractivity contribution in [1.29, 1.82) is 5.26 Å². The first-order valence-corrected chi connectivity index (χ1v) is 8.71. The molecule has 0 amide bonds. The largest absolute Gasteiger partial charge is 0.471 e. The van der Waals surface area contributed by atoms with E-state index in [0.29, 0.717) is 12.0 Å². The Kier molecular flexibility index (Phi) is 6.67. The molecule has 4 heteroatoms. The molecule has 0 spiro atoms. The van der Waals surface area contributed by atoms with Crippen molar-refractivity contribution < 1.29 is 9.53 Å². The van der Waals surface area contributed by atoms with Gasteiger partial charge in [-0.3, -0.25) is 9.78 Å². The number of benzene rings is 2. The Labute approximate surface area is 160 Å². The van der Waals surface area contributed by atoms with Gasteiger partial charge in [0.1, 0.15) is 0 Å². The molecule has 0 radical (unpaired) electrons. The van der Waals surface area contributed by atoms with Crippen LogP contribution in [-0.2, 0) is 16.0 Å². The van der Waals surface area contributed by atoms with Crippen molar-refractivity contribution in [3.05, 3.63) is 66.0 Å². The third-order valence-electron chi connectivity index (χ3n) is 3.98. The number of hydrogen-bond acceptors (Lipinski definition) is 4. The topological polar surface area (TPSA) is 63.0 Å². The minimum atomic E-state index is 0.259. The lowest BCUT2D eigenvalue weighted by Gasteiger charge is -2.18. The molecule has 2 aromatic carbocycles. The fraction of sp³-hybridized carbons (Fsp3) is 0.261. The van der Waals surface area contributed by atoms with Gasteiger partial charge in [0.15, 0.2) is 0 Å². The normalized spacial score (nSPS) is 10.5. The Morgan fingerprint density at radius 1 is 1.11 bits per heavy atom. The highest BCUT2D eigenvalue weighted by molar-refractivity contribution is 5.96. The highest BCUT2D eigenvalue weighted by Crippen LogP contribution is 2.30. The molecule has 0 aliphatic heterocycles. The fourth-order valence-corrected chi connectivity index (χ4v) is 2.89. The molecule has 0 aliphatic carbocycles. The van der Waals surface area contributed by atoms with E-state index in [-0.39, 0.29) is 5.41 Å². The summed E-state index contributed by atoms with van der Waals surface area (Å²) in [5, 5.41) is 11.3. The van der Waals surface area contributed by atoms with E-state index in [2.05, 4.69) is 54.8 Å². The standard InChI is InChI=1S/C21H20N2.C2H4O2/c1-21(2,3)11-16-6-9-18-13-23-14-20(19(18)10-16)17-7-4-15(12-22)5-8-17;1-4-2-3/h4-10,13-14H,11H2,1-3H3;2H,1H3. The van der Waals surface area contributed by atoms with Gasteiger partial charge in [0.2, 0.25) is 0 Å². The lowest BCUT2D eigenvalue weighted by Crippen LogP contribution is -2.08. The number of carbonyl (C=O) groups excluding carboxylic acids is 1. The van der Waals surface area contributed by atoms with Crippen molar-refractivity contribution in [2.45, 2.75) is 27.2 Å². The third-order valence-corrected chi connectivity index (χ3v) is 3.98. The number of hydrogen-bond donors (Lipinski definition) is 0. The Hall–Kier alpha value is -3.19. The maximum Gasteiger partial charge on any atom is 0.292 e.